The van der Waals surface area contributed by atoms with E-state index in [4.69, 9.17) is 10.5 Å². The summed E-state index contributed by atoms with van der Waals surface area (Å²) in [6.45, 7) is 11.5. The Morgan fingerprint density at radius 1 is 1.05 bits per heavy atom. The minimum Gasteiger partial charge on any atom is -0.493 e. The van der Waals surface area contributed by atoms with Crippen LogP contribution in [0.3, 0.4) is 0 Å². The van der Waals surface area contributed by atoms with Crippen LogP contribution in [0.1, 0.15) is 40.2 Å². The third-order valence-corrected chi connectivity index (χ3v) is 4.09. The molecule has 2 N–H and O–H groups in total. The SMILES string of the molecule is CC(C)(N)CSCCOc1ccc(C(C)(C)C)cc1. The Labute approximate surface area is 122 Å². The first-order valence-electron chi connectivity index (χ1n) is 6.78. The fourth-order valence-electron chi connectivity index (χ4n) is 1.60. The molecule has 0 radical (unpaired) electrons. The molecule has 2 nitrogen and oxygen atoms in total. The summed E-state index contributed by atoms with van der Waals surface area (Å²) in [7, 11) is 0. The maximum Gasteiger partial charge on any atom is 0.119 e. The molecule has 0 amide bonds. The summed E-state index contributed by atoms with van der Waals surface area (Å²) >= 11 is 1.84. The van der Waals surface area contributed by atoms with E-state index >= 15 is 0 Å². The molecule has 1 aromatic rings. The lowest BCUT2D eigenvalue weighted by molar-refractivity contribution is 0.343. The number of nitrogens with two attached hydrogens (primary N) is 1. The van der Waals surface area contributed by atoms with Crippen LogP contribution >= 0.6 is 11.8 Å². The first kappa shape index (κ1) is 16.4. The van der Waals surface area contributed by atoms with Gasteiger partial charge in [-0.1, -0.05) is 32.9 Å². The largest absolute Gasteiger partial charge is 0.493 e. The number of benzene rings is 1. The van der Waals surface area contributed by atoms with Crippen molar-refractivity contribution >= 4 is 11.8 Å². The monoisotopic (exact) mass is 281 g/mol. The normalized spacial score (nSPS) is 12.5. The van der Waals surface area contributed by atoms with Crippen LogP contribution in [0, 0.1) is 0 Å². The van der Waals surface area contributed by atoms with Crippen LogP contribution < -0.4 is 10.5 Å². The fraction of sp³-hybridized carbons (Fsp3) is 0.625. The highest BCUT2D eigenvalue weighted by molar-refractivity contribution is 7.99. The molecule has 0 aliphatic heterocycles. The van der Waals surface area contributed by atoms with Gasteiger partial charge in [0.25, 0.3) is 0 Å². The van der Waals surface area contributed by atoms with E-state index in [1.54, 1.807) is 0 Å². The van der Waals surface area contributed by atoms with E-state index < -0.39 is 0 Å². The van der Waals surface area contributed by atoms with Crippen molar-refractivity contribution in [3.63, 3.8) is 0 Å². The summed E-state index contributed by atoms with van der Waals surface area (Å²) in [4.78, 5) is 0. The Kier molecular flexibility index (Phi) is 5.75. The van der Waals surface area contributed by atoms with Crippen molar-refractivity contribution in [3.8, 4) is 5.75 Å². The highest BCUT2D eigenvalue weighted by Gasteiger charge is 2.13. The summed E-state index contributed by atoms with van der Waals surface area (Å²) in [5.41, 5.74) is 7.35. The van der Waals surface area contributed by atoms with Gasteiger partial charge in [0.05, 0.1) is 6.61 Å². The number of thioether (sulfide) groups is 1. The van der Waals surface area contributed by atoms with E-state index in [2.05, 4.69) is 45.0 Å². The van der Waals surface area contributed by atoms with Crippen molar-refractivity contribution in [3.05, 3.63) is 29.8 Å². The maximum absolute atomic E-state index is 5.92. The van der Waals surface area contributed by atoms with Gasteiger partial charge in [-0.25, -0.2) is 0 Å². The predicted octanol–water partition coefficient (Wildman–Crippen LogP) is 3.83. The maximum atomic E-state index is 5.92. The van der Waals surface area contributed by atoms with Gasteiger partial charge in [-0.3, -0.25) is 0 Å². The van der Waals surface area contributed by atoms with E-state index in [1.807, 2.05) is 25.6 Å². The molecule has 0 bridgehead atoms. The van der Waals surface area contributed by atoms with Crippen molar-refractivity contribution in [1.29, 1.82) is 0 Å². The van der Waals surface area contributed by atoms with Crippen LogP contribution in [-0.4, -0.2) is 23.7 Å². The molecule has 19 heavy (non-hydrogen) atoms. The topological polar surface area (TPSA) is 35.2 Å². The number of rotatable bonds is 6. The minimum absolute atomic E-state index is 0.0982. The summed E-state index contributed by atoms with van der Waals surface area (Å²) < 4.78 is 5.73. The Bertz CT molecular complexity index is 373. The third-order valence-electron chi connectivity index (χ3n) is 2.69. The van der Waals surface area contributed by atoms with E-state index in [9.17, 15) is 0 Å². The van der Waals surface area contributed by atoms with E-state index in [0.717, 1.165) is 23.9 Å². The van der Waals surface area contributed by atoms with E-state index in [1.165, 1.54) is 5.56 Å². The molecule has 0 fully saturated rings. The van der Waals surface area contributed by atoms with Gasteiger partial charge in [0.2, 0.25) is 0 Å². The second kappa shape index (κ2) is 6.67. The molecule has 0 aliphatic carbocycles. The lowest BCUT2D eigenvalue weighted by atomic mass is 9.87. The van der Waals surface area contributed by atoms with Crippen molar-refractivity contribution in [2.24, 2.45) is 5.73 Å². The highest BCUT2D eigenvalue weighted by Crippen LogP contribution is 2.24. The van der Waals surface area contributed by atoms with Gasteiger partial charge < -0.3 is 10.5 Å². The van der Waals surface area contributed by atoms with Gasteiger partial charge in [-0.05, 0) is 37.0 Å². The molecule has 0 saturated carbocycles. The first-order chi connectivity index (χ1) is 8.68. The molecule has 108 valence electrons. The molecule has 0 spiro atoms. The van der Waals surface area contributed by atoms with Crippen LogP contribution in [-0.2, 0) is 5.41 Å². The van der Waals surface area contributed by atoms with Gasteiger partial charge in [0.1, 0.15) is 5.75 Å². The van der Waals surface area contributed by atoms with Crippen LogP contribution in [0.15, 0.2) is 24.3 Å². The predicted molar refractivity (Wildman–Crippen MR) is 86.2 cm³/mol. The van der Waals surface area contributed by atoms with Crippen molar-refractivity contribution in [2.75, 3.05) is 18.1 Å². The standard InChI is InChI=1S/C16H27NOS/c1-15(2,3)13-6-8-14(9-7-13)18-10-11-19-12-16(4,5)17/h6-9H,10-12,17H2,1-5H3. The molecular weight excluding hydrogens is 254 g/mol. The number of hydrogen-bond acceptors (Lipinski definition) is 3. The third kappa shape index (κ3) is 6.88. The van der Waals surface area contributed by atoms with Crippen molar-refractivity contribution in [1.82, 2.24) is 0 Å². The van der Waals surface area contributed by atoms with Crippen molar-refractivity contribution in [2.45, 2.75) is 45.6 Å². The Hall–Kier alpha value is -0.670. The molecule has 1 aromatic carbocycles. The average Bonchev–Trinajstić information content (AvgIpc) is 2.26. The smallest absolute Gasteiger partial charge is 0.119 e. The lowest BCUT2D eigenvalue weighted by Crippen LogP contribution is -2.34. The van der Waals surface area contributed by atoms with Gasteiger partial charge in [0.15, 0.2) is 0 Å². The van der Waals surface area contributed by atoms with Gasteiger partial charge in [0, 0.05) is 17.0 Å². The summed E-state index contributed by atoms with van der Waals surface area (Å²) in [6.07, 6.45) is 0. The molecule has 0 atom stereocenters. The van der Waals surface area contributed by atoms with Crippen molar-refractivity contribution < 1.29 is 4.74 Å². The molecule has 0 aliphatic rings. The zero-order chi connectivity index (χ0) is 14.5. The van der Waals surface area contributed by atoms with Gasteiger partial charge in [-0.2, -0.15) is 11.8 Å². The number of ether oxygens (including phenoxy) is 1. The number of hydrogen-bond donors (Lipinski definition) is 1. The summed E-state index contributed by atoms with van der Waals surface area (Å²) in [5.74, 6) is 2.88. The molecule has 0 aromatic heterocycles. The second-order valence-electron chi connectivity index (χ2n) is 6.66. The fourth-order valence-corrected chi connectivity index (χ4v) is 2.48. The van der Waals surface area contributed by atoms with Crippen LogP contribution in [0.25, 0.3) is 0 Å². The van der Waals surface area contributed by atoms with Crippen LogP contribution in [0.5, 0.6) is 5.75 Å². The minimum atomic E-state index is -0.0982. The summed E-state index contributed by atoms with van der Waals surface area (Å²) in [5, 5.41) is 0. The first-order valence-corrected chi connectivity index (χ1v) is 7.94. The molecule has 1 rings (SSSR count). The quantitative estimate of drug-likeness (QED) is 0.805. The van der Waals surface area contributed by atoms with Gasteiger partial charge in [-0.15, -0.1) is 0 Å². The van der Waals surface area contributed by atoms with Crippen LogP contribution in [0.2, 0.25) is 0 Å². The molecule has 3 heteroatoms. The van der Waals surface area contributed by atoms with Crippen LogP contribution in [0.4, 0.5) is 0 Å². The average molecular weight is 281 g/mol. The van der Waals surface area contributed by atoms with E-state index in [-0.39, 0.29) is 11.0 Å². The molecule has 0 saturated heterocycles. The molecule has 0 unspecified atom stereocenters. The second-order valence-corrected chi connectivity index (χ2v) is 7.77. The Morgan fingerprint density at radius 3 is 2.11 bits per heavy atom. The zero-order valence-corrected chi connectivity index (χ0v) is 13.6. The highest BCUT2D eigenvalue weighted by atomic mass is 32.2. The van der Waals surface area contributed by atoms with Gasteiger partial charge >= 0.3 is 0 Å². The zero-order valence-electron chi connectivity index (χ0n) is 12.8. The lowest BCUT2D eigenvalue weighted by Gasteiger charge is -2.19. The van der Waals surface area contributed by atoms with E-state index in [0.29, 0.717) is 0 Å². The molecular formula is C16H27NOS. The molecule has 0 heterocycles. The Morgan fingerprint density at radius 2 is 1.63 bits per heavy atom. The summed E-state index contributed by atoms with van der Waals surface area (Å²) in [6, 6.07) is 8.40. The Balaban J connectivity index is 2.31.